The van der Waals surface area contributed by atoms with Crippen molar-refractivity contribution in [2.24, 2.45) is 0 Å². The van der Waals surface area contributed by atoms with Crippen LogP contribution in [0, 0.1) is 20.8 Å². The lowest BCUT2D eigenvalue weighted by Gasteiger charge is -2.35. The van der Waals surface area contributed by atoms with Gasteiger partial charge in [-0.2, -0.15) is 0 Å². The topological polar surface area (TPSA) is 62.5 Å². The molecule has 3 heterocycles. The first-order chi connectivity index (χ1) is 15.0. The average Bonchev–Trinajstić information content (AvgIpc) is 3.16. The van der Waals surface area contributed by atoms with E-state index >= 15 is 0 Å². The lowest BCUT2D eigenvalue weighted by molar-refractivity contribution is -0.130. The maximum atomic E-state index is 12.9. The summed E-state index contributed by atoms with van der Waals surface area (Å²) in [5.41, 5.74) is 6.05. The summed E-state index contributed by atoms with van der Waals surface area (Å²) in [6.07, 6.45) is 0.267. The van der Waals surface area contributed by atoms with Gasteiger partial charge in [-0.1, -0.05) is 35.0 Å². The lowest BCUT2D eigenvalue weighted by Crippen LogP contribution is -2.49. The van der Waals surface area contributed by atoms with Crippen molar-refractivity contribution in [3.8, 4) is 0 Å². The molecule has 0 spiro atoms. The number of piperazine rings is 1. The van der Waals surface area contributed by atoms with Gasteiger partial charge in [0.05, 0.1) is 11.9 Å². The number of hydrogen-bond acceptors (Lipinski definition) is 5. The number of rotatable bonds is 3. The largest absolute Gasteiger partial charge is 0.356 e. The summed E-state index contributed by atoms with van der Waals surface area (Å²) in [6.45, 7) is 9.17. The van der Waals surface area contributed by atoms with Crippen LogP contribution in [0.5, 0.6) is 0 Å². The fourth-order valence-corrected chi connectivity index (χ4v) is 4.38. The van der Waals surface area contributed by atoms with Gasteiger partial charge in [0.2, 0.25) is 5.91 Å². The third-order valence-corrected chi connectivity index (χ3v) is 6.21. The summed E-state index contributed by atoms with van der Waals surface area (Å²) in [5, 5.41) is 6.27. The number of anilines is 1. The molecule has 2 aromatic heterocycles. The predicted octanol–water partition coefficient (Wildman–Crippen LogP) is 4.19. The molecule has 1 saturated heterocycles. The van der Waals surface area contributed by atoms with Crippen molar-refractivity contribution in [2.45, 2.75) is 27.2 Å². The minimum atomic E-state index is 0.0925. The lowest BCUT2D eigenvalue weighted by atomic mass is 10.1. The summed E-state index contributed by atoms with van der Waals surface area (Å²) in [7, 11) is 0. The molecule has 158 valence electrons. The van der Waals surface area contributed by atoms with Crippen LogP contribution in [0.4, 0.5) is 5.82 Å². The fraction of sp³-hybridized carbons (Fsp3) is 0.320. The Morgan fingerprint density at radius 3 is 2.58 bits per heavy atom. The number of aromatic nitrogens is 2. The minimum Gasteiger partial charge on any atom is -0.356 e. The van der Waals surface area contributed by atoms with Gasteiger partial charge in [-0.15, -0.1) is 0 Å². The molecule has 2 aromatic carbocycles. The second-order valence-corrected chi connectivity index (χ2v) is 8.44. The van der Waals surface area contributed by atoms with Gasteiger partial charge in [0.25, 0.3) is 0 Å². The van der Waals surface area contributed by atoms with E-state index in [2.05, 4.69) is 48.2 Å². The quantitative estimate of drug-likeness (QED) is 0.503. The highest BCUT2D eigenvalue weighted by molar-refractivity contribution is 5.88. The molecule has 0 aliphatic carbocycles. The zero-order valence-corrected chi connectivity index (χ0v) is 18.2. The Kier molecular flexibility index (Phi) is 4.85. The third kappa shape index (κ3) is 3.63. The van der Waals surface area contributed by atoms with Crippen molar-refractivity contribution < 1.29 is 9.32 Å². The zero-order chi connectivity index (χ0) is 21.5. The van der Waals surface area contributed by atoms with Crippen LogP contribution >= 0.6 is 0 Å². The Labute approximate surface area is 181 Å². The molecular formula is C25H26N4O2. The molecule has 0 radical (unpaired) electrons. The van der Waals surface area contributed by atoms with E-state index in [0.29, 0.717) is 18.8 Å². The summed E-state index contributed by atoms with van der Waals surface area (Å²) in [6, 6.07) is 14.4. The number of amides is 1. The van der Waals surface area contributed by atoms with Gasteiger partial charge in [-0.05, 0) is 50.1 Å². The van der Waals surface area contributed by atoms with Gasteiger partial charge in [0.15, 0.2) is 5.58 Å². The Morgan fingerprint density at radius 2 is 1.77 bits per heavy atom. The van der Waals surface area contributed by atoms with Crippen LogP contribution in [0.15, 0.2) is 47.0 Å². The van der Waals surface area contributed by atoms with Crippen LogP contribution in [0.2, 0.25) is 0 Å². The molecule has 31 heavy (non-hydrogen) atoms. The fourth-order valence-electron chi connectivity index (χ4n) is 4.38. The summed E-state index contributed by atoms with van der Waals surface area (Å²) >= 11 is 0. The molecule has 0 saturated carbocycles. The van der Waals surface area contributed by atoms with E-state index < -0.39 is 0 Å². The Hall–Kier alpha value is -3.41. The van der Waals surface area contributed by atoms with Crippen LogP contribution in [-0.2, 0) is 11.2 Å². The first-order valence-corrected chi connectivity index (χ1v) is 10.7. The standard InChI is InChI=1S/C25H26N4O2/c1-16-7-8-22-20(13-16)21(27-31-22)15-24(30)29-11-9-28(10-12-29)23-14-18(3)19-6-4-5-17(2)25(19)26-23/h4-8,13-14H,9-12,15H2,1-3H3. The number of nitrogens with zero attached hydrogens (tertiary/aromatic N) is 4. The Bertz CT molecular complexity index is 1290. The average molecular weight is 415 g/mol. The number of fused-ring (bicyclic) bond motifs is 2. The number of hydrogen-bond donors (Lipinski definition) is 0. The highest BCUT2D eigenvalue weighted by Crippen LogP contribution is 2.26. The predicted molar refractivity (Wildman–Crippen MR) is 122 cm³/mol. The molecule has 0 unspecified atom stereocenters. The number of para-hydroxylation sites is 1. The molecular weight excluding hydrogens is 388 g/mol. The Balaban J connectivity index is 1.29. The smallest absolute Gasteiger partial charge is 0.228 e. The van der Waals surface area contributed by atoms with Crippen molar-refractivity contribution in [3.63, 3.8) is 0 Å². The first kappa shape index (κ1) is 19.5. The molecule has 6 nitrogen and oxygen atoms in total. The maximum Gasteiger partial charge on any atom is 0.228 e. The highest BCUT2D eigenvalue weighted by Gasteiger charge is 2.24. The number of aryl methyl sites for hydroxylation is 3. The van der Waals surface area contributed by atoms with Gasteiger partial charge in [-0.25, -0.2) is 4.98 Å². The van der Waals surface area contributed by atoms with Crippen molar-refractivity contribution in [1.82, 2.24) is 15.0 Å². The SMILES string of the molecule is Cc1ccc2onc(CC(=O)N3CCN(c4cc(C)c5cccc(C)c5n4)CC3)c2c1. The zero-order valence-electron chi connectivity index (χ0n) is 18.2. The van der Waals surface area contributed by atoms with Crippen molar-refractivity contribution in [1.29, 1.82) is 0 Å². The molecule has 1 aliphatic heterocycles. The van der Waals surface area contributed by atoms with Gasteiger partial charge in [-0.3, -0.25) is 4.79 Å². The normalized spacial score (nSPS) is 14.5. The van der Waals surface area contributed by atoms with E-state index in [4.69, 9.17) is 9.51 Å². The van der Waals surface area contributed by atoms with Crippen LogP contribution in [0.1, 0.15) is 22.4 Å². The van der Waals surface area contributed by atoms with Crippen LogP contribution < -0.4 is 4.90 Å². The van der Waals surface area contributed by atoms with Crippen LogP contribution in [-0.4, -0.2) is 47.1 Å². The van der Waals surface area contributed by atoms with Crippen LogP contribution in [0.25, 0.3) is 21.9 Å². The highest BCUT2D eigenvalue weighted by atomic mass is 16.5. The molecule has 0 bridgehead atoms. The number of carbonyl (C=O) groups excluding carboxylic acids is 1. The van der Waals surface area contributed by atoms with Gasteiger partial charge in [0.1, 0.15) is 11.5 Å². The van der Waals surface area contributed by atoms with E-state index in [1.54, 1.807) is 0 Å². The molecule has 1 amide bonds. The second-order valence-electron chi connectivity index (χ2n) is 8.44. The van der Waals surface area contributed by atoms with E-state index in [9.17, 15) is 4.79 Å². The maximum absolute atomic E-state index is 12.9. The van der Waals surface area contributed by atoms with Gasteiger partial charge < -0.3 is 14.3 Å². The summed E-state index contributed by atoms with van der Waals surface area (Å²) in [4.78, 5) is 22.1. The van der Waals surface area contributed by atoms with E-state index in [1.807, 2.05) is 30.0 Å². The number of pyridine rings is 1. The molecule has 0 N–H and O–H groups in total. The van der Waals surface area contributed by atoms with Crippen molar-refractivity contribution in [3.05, 3.63) is 64.8 Å². The summed E-state index contributed by atoms with van der Waals surface area (Å²) < 4.78 is 5.39. The monoisotopic (exact) mass is 414 g/mol. The number of carbonyl (C=O) groups is 1. The van der Waals surface area contributed by atoms with Crippen molar-refractivity contribution in [2.75, 3.05) is 31.1 Å². The molecule has 1 fully saturated rings. The molecule has 1 aliphatic rings. The molecule has 5 rings (SSSR count). The van der Waals surface area contributed by atoms with Gasteiger partial charge in [0, 0.05) is 37.0 Å². The molecule has 6 heteroatoms. The van der Waals surface area contributed by atoms with E-state index in [-0.39, 0.29) is 12.3 Å². The third-order valence-electron chi connectivity index (χ3n) is 6.21. The van der Waals surface area contributed by atoms with E-state index in [1.165, 1.54) is 16.5 Å². The van der Waals surface area contributed by atoms with Gasteiger partial charge >= 0.3 is 0 Å². The molecule has 4 aromatic rings. The number of benzene rings is 2. The summed E-state index contributed by atoms with van der Waals surface area (Å²) in [5.74, 6) is 1.08. The second kappa shape index (κ2) is 7.69. The first-order valence-electron chi connectivity index (χ1n) is 10.7. The van der Waals surface area contributed by atoms with Crippen LogP contribution in [0.3, 0.4) is 0 Å². The Morgan fingerprint density at radius 1 is 0.968 bits per heavy atom. The van der Waals surface area contributed by atoms with Crippen molar-refractivity contribution >= 4 is 33.6 Å². The molecule has 0 atom stereocenters. The van der Waals surface area contributed by atoms with E-state index in [0.717, 1.165) is 41.0 Å². The minimum absolute atomic E-state index is 0.0925.